The van der Waals surface area contributed by atoms with Gasteiger partial charge in [-0.05, 0) is 24.3 Å². The van der Waals surface area contributed by atoms with Crippen molar-refractivity contribution in [3.05, 3.63) is 52.2 Å². The maximum atomic E-state index is 13.5. The third-order valence-corrected chi connectivity index (χ3v) is 8.74. The lowest BCUT2D eigenvalue weighted by Gasteiger charge is -2.43. The molecule has 4 heterocycles. The van der Waals surface area contributed by atoms with E-state index >= 15 is 0 Å². The number of aromatic hydroxyl groups is 2. The highest BCUT2D eigenvalue weighted by atomic mass is 16.7. The van der Waals surface area contributed by atoms with Crippen molar-refractivity contribution in [3.8, 4) is 28.6 Å². The molecule has 3 aromatic rings. The molecule has 0 aliphatic carbocycles. The summed E-state index contributed by atoms with van der Waals surface area (Å²) in [7, 11) is 0. The Hall–Kier alpha value is -3.47. The maximum absolute atomic E-state index is 13.5. The van der Waals surface area contributed by atoms with Crippen LogP contribution in [0.3, 0.4) is 0 Å². The minimum atomic E-state index is -1.94. The van der Waals surface area contributed by atoms with Crippen LogP contribution in [-0.2, 0) is 18.9 Å². The van der Waals surface area contributed by atoms with Gasteiger partial charge in [0, 0.05) is 17.7 Å². The second kappa shape index (κ2) is 14.0. The summed E-state index contributed by atoms with van der Waals surface area (Å²) in [5, 5.41) is 114. The van der Waals surface area contributed by atoms with Crippen LogP contribution in [0.25, 0.3) is 22.3 Å². The molecule has 49 heavy (non-hydrogen) atoms. The molecule has 18 heteroatoms. The van der Waals surface area contributed by atoms with Crippen molar-refractivity contribution in [2.45, 2.75) is 79.7 Å². The Labute approximate surface area is 275 Å². The van der Waals surface area contributed by atoms with Gasteiger partial charge in [-0.3, -0.25) is 4.79 Å². The molecule has 1 aromatic heterocycles. The normalized spacial score (nSPS) is 36.9. The number of fused-ring (bicyclic) bond motifs is 1. The van der Waals surface area contributed by atoms with E-state index in [9.17, 15) is 61.0 Å². The predicted molar refractivity (Wildman–Crippen MR) is 159 cm³/mol. The number of phenols is 2. The van der Waals surface area contributed by atoms with E-state index in [0.717, 1.165) is 12.1 Å². The smallest absolute Gasteiger partial charge is 0.229 e. The van der Waals surface area contributed by atoms with Gasteiger partial charge < -0.3 is 84.3 Å². The van der Waals surface area contributed by atoms with E-state index < -0.39 is 127 Å². The van der Waals surface area contributed by atoms with Crippen molar-refractivity contribution < 1.29 is 84.3 Å². The molecule has 268 valence electrons. The van der Waals surface area contributed by atoms with E-state index in [4.69, 9.17) is 28.1 Å². The lowest BCUT2D eigenvalue weighted by Crippen LogP contribution is -2.60. The number of aliphatic hydroxyl groups is 9. The van der Waals surface area contributed by atoms with E-state index in [1.54, 1.807) is 0 Å². The molecule has 3 aliphatic heterocycles. The summed E-state index contributed by atoms with van der Waals surface area (Å²) in [5.41, 5.74) is -1.14. The topological polar surface area (TPSA) is 299 Å². The average Bonchev–Trinajstić information content (AvgIpc) is 3.07. The molecule has 13 atom stereocenters. The van der Waals surface area contributed by atoms with Crippen LogP contribution in [0, 0.1) is 0 Å². The van der Waals surface area contributed by atoms with Gasteiger partial charge in [-0.25, -0.2) is 0 Å². The van der Waals surface area contributed by atoms with Crippen LogP contribution >= 0.6 is 0 Å². The molecule has 0 saturated carbocycles. The Balaban J connectivity index is 1.49. The van der Waals surface area contributed by atoms with Crippen LogP contribution in [0.2, 0.25) is 0 Å². The molecule has 4 unspecified atom stereocenters. The first-order valence-corrected chi connectivity index (χ1v) is 15.2. The van der Waals surface area contributed by atoms with Gasteiger partial charge >= 0.3 is 0 Å². The van der Waals surface area contributed by atoms with Crippen molar-refractivity contribution in [2.24, 2.45) is 0 Å². The summed E-state index contributed by atoms with van der Waals surface area (Å²) in [6, 6.07) is 7.77. The zero-order valence-corrected chi connectivity index (χ0v) is 25.4. The van der Waals surface area contributed by atoms with Gasteiger partial charge in [0.05, 0.1) is 25.4 Å². The van der Waals surface area contributed by atoms with Crippen LogP contribution in [-0.4, -0.2) is 150 Å². The van der Waals surface area contributed by atoms with E-state index in [2.05, 4.69) is 0 Å². The monoisotopic (exact) mass is 696 g/mol. The van der Waals surface area contributed by atoms with Crippen LogP contribution in [0.4, 0.5) is 0 Å². The first-order valence-electron chi connectivity index (χ1n) is 15.2. The van der Waals surface area contributed by atoms with Crippen LogP contribution < -0.4 is 10.2 Å². The first-order chi connectivity index (χ1) is 23.3. The Morgan fingerprint density at radius 3 is 2.10 bits per heavy atom. The Morgan fingerprint density at radius 1 is 0.755 bits per heavy atom. The number of rotatable bonds is 7. The highest BCUT2D eigenvalue weighted by Gasteiger charge is 2.49. The minimum absolute atomic E-state index is 0.00120. The molecule has 6 rings (SSSR count). The highest BCUT2D eigenvalue weighted by Crippen LogP contribution is 2.46. The first kappa shape index (κ1) is 35.4. The van der Waals surface area contributed by atoms with Crippen LogP contribution in [0.1, 0.15) is 11.7 Å². The van der Waals surface area contributed by atoms with E-state index in [1.165, 1.54) is 24.3 Å². The van der Waals surface area contributed by atoms with Crippen LogP contribution in [0.15, 0.2) is 45.6 Å². The summed E-state index contributed by atoms with van der Waals surface area (Å²) < 4.78 is 34.2. The molecule has 3 saturated heterocycles. The molecular weight excluding hydrogens is 660 g/mol. The number of ether oxygens (including phenoxy) is 5. The second-order valence-corrected chi connectivity index (χ2v) is 12.0. The third kappa shape index (κ3) is 6.59. The summed E-state index contributed by atoms with van der Waals surface area (Å²) in [5.74, 6) is -1.35. The number of hydrogen-bond acceptors (Lipinski definition) is 18. The van der Waals surface area contributed by atoms with Crippen molar-refractivity contribution in [2.75, 3.05) is 19.8 Å². The Morgan fingerprint density at radius 2 is 1.41 bits per heavy atom. The Kier molecular flexibility index (Phi) is 10.1. The lowest BCUT2D eigenvalue weighted by molar-refractivity contribution is -0.316. The molecule has 0 spiro atoms. The Bertz CT molecular complexity index is 1680. The fourth-order valence-corrected chi connectivity index (χ4v) is 5.97. The van der Waals surface area contributed by atoms with E-state index in [1.807, 2.05) is 0 Å². The standard InChI is InChI=1S/C31H36O18/c32-7-18-23(39)25(41)27(43)31(48-18)47-17-6-16-19(12(34)5-15(46-16)10-1-3-11(33)4-2-10)24(40)20(17)28-29(22(38)14(36)8-44-28)49-30-26(42)21(37)13(35)9-45-30/h1-6,13-14,18,21-23,25-33,35-43H,7-9H2/t13-,14+,18?,21+,22+,23-,25+,26?,27?,28+,29?,30+,31-/m1/s1. The van der Waals surface area contributed by atoms with Gasteiger partial charge in [-0.15, -0.1) is 0 Å². The SMILES string of the molecule is O=c1cc(-c2ccc(O)cc2)oc2cc(O[C@@H]3OC(CO)[C@@H](O)[C@H](O)C3O)c([C@@H]3OC[C@H](O)[C@H](O)C3O[C@@H]3OC[C@@H](O)[C@H](O)C3O)c(O)c12. The van der Waals surface area contributed by atoms with E-state index in [0.29, 0.717) is 5.56 Å². The number of phenolic OH excluding ortho intramolecular Hbond substituents is 2. The van der Waals surface area contributed by atoms with Gasteiger partial charge in [0.1, 0.15) is 101 Å². The molecule has 0 amide bonds. The molecule has 18 nitrogen and oxygen atoms in total. The number of hydrogen-bond donors (Lipinski definition) is 11. The zero-order chi connectivity index (χ0) is 35.3. The third-order valence-electron chi connectivity index (χ3n) is 8.74. The average molecular weight is 697 g/mol. The minimum Gasteiger partial charge on any atom is -0.508 e. The molecule has 0 radical (unpaired) electrons. The quantitative estimate of drug-likeness (QED) is 0.115. The summed E-state index contributed by atoms with van der Waals surface area (Å²) in [6.45, 7) is -1.86. The zero-order valence-electron chi connectivity index (χ0n) is 25.4. The highest BCUT2D eigenvalue weighted by molar-refractivity contribution is 5.88. The largest absolute Gasteiger partial charge is 0.508 e. The second-order valence-electron chi connectivity index (χ2n) is 12.0. The molecule has 3 aliphatic rings. The summed E-state index contributed by atoms with van der Waals surface area (Å²) in [6.07, 6.45) is -22.4. The van der Waals surface area contributed by atoms with Gasteiger partial charge in [-0.1, -0.05) is 0 Å². The molecular formula is C31H36O18. The number of benzene rings is 2. The predicted octanol–water partition coefficient (Wildman–Crippen LogP) is -3.33. The lowest BCUT2D eigenvalue weighted by atomic mass is 9.91. The van der Waals surface area contributed by atoms with Crippen molar-refractivity contribution in [1.82, 2.24) is 0 Å². The van der Waals surface area contributed by atoms with Crippen molar-refractivity contribution in [3.63, 3.8) is 0 Å². The van der Waals surface area contributed by atoms with Gasteiger partial charge in [0.15, 0.2) is 11.7 Å². The fraction of sp³-hybridized carbons (Fsp3) is 0.516. The molecule has 0 bridgehead atoms. The number of aliphatic hydroxyl groups excluding tert-OH is 9. The summed E-state index contributed by atoms with van der Waals surface area (Å²) >= 11 is 0. The summed E-state index contributed by atoms with van der Waals surface area (Å²) in [4.78, 5) is 13.5. The fourth-order valence-electron chi connectivity index (χ4n) is 5.97. The molecule has 3 fully saturated rings. The van der Waals surface area contributed by atoms with Gasteiger partial charge in [0.25, 0.3) is 0 Å². The van der Waals surface area contributed by atoms with Crippen molar-refractivity contribution >= 4 is 11.0 Å². The van der Waals surface area contributed by atoms with Gasteiger partial charge in [-0.2, -0.15) is 0 Å². The van der Waals surface area contributed by atoms with E-state index in [-0.39, 0.29) is 17.1 Å². The van der Waals surface area contributed by atoms with Crippen molar-refractivity contribution in [1.29, 1.82) is 0 Å². The van der Waals surface area contributed by atoms with Crippen LogP contribution in [0.5, 0.6) is 17.2 Å². The maximum Gasteiger partial charge on any atom is 0.229 e. The van der Waals surface area contributed by atoms with Gasteiger partial charge in [0.2, 0.25) is 6.29 Å². The molecule has 11 N–H and O–H groups in total. The molecule has 2 aromatic carbocycles.